The number of carbonyl (C=O) groups is 1. The van der Waals surface area contributed by atoms with Gasteiger partial charge in [0, 0.05) is 22.6 Å². The van der Waals surface area contributed by atoms with Crippen LogP contribution in [0.15, 0.2) is 27.4 Å². The average Bonchev–Trinajstić information content (AvgIpc) is 2.38. The first-order valence-corrected chi connectivity index (χ1v) is 8.21. The fourth-order valence-corrected chi connectivity index (χ4v) is 2.75. The molecule has 1 amide bonds. The summed E-state index contributed by atoms with van der Waals surface area (Å²) in [5.41, 5.74) is 3.16. The molecule has 1 atom stereocenters. The molecule has 0 saturated heterocycles. The number of fused-ring (bicyclic) bond motifs is 1. The maximum atomic E-state index is 12.1. The number of hydrogen-bond donors (Lipinski definition) is 2. The van der Waals surface area contributed by atoms with Gasteiger partial charge in [0.05, 0.1) is 7.05 Å². The topological polar surface area (TPSA) is 63.8 Å². The third-order valence-corrected chi connectivity index (χ3v) is 3.91. The minimum Gasteiger partial charge on any atom is -0.423 e. The van der Waals surface area contributed by atoms with Crippen LogP contribution in [0.4, 0.5) is 0 Å². The molecule has 1 unspecified atom stereocenters. The number of amides is 1. The van der Waals surface area contributed by atoms with Crippen LogP contribution in [0.2, 0.25) is 0 Å². The van der Waals surface area contributed by atoms with E-state index < -0.39 is 0 Å². The summed E-state index contributed by atoms with van der Waals surface area (Å²) in [6.45, 7) is 10.8. The number of nitrogens with one attached hydrogen (secondary N) is 2. The first kappa shape index (κ1) is 18.2. The van der Waals surface area contributed by atoms with Crippen LogP contribution < -0.4 is 15.8 Å². The Kier molecular flexibility index (Phi) is 5.13. The van der Waals surface area contributed by atoms with Gasteiger partial charge in [-0.05, 0) is 57.9 Å². The van der Waals surface area contributed by atoms with E-state index >= 15 is 0 Å². The third kappa shape index (κ3) is 4.68. The molecule has 0 aliphatic heterocycles. The van der Waals surface area contributed by atoms with E-state index in [-0.39, 0.29) is 17.1 Å². The van der Waals surface area contributed by atoms with Gasteiger partial charge in [-0.25, -0.2) is 4.79 Å². The van der Waals surface area contributed by atoms with Gasteiger partial charge in [0.15, 0.2) is 6.54 Å². The van der Waals surface area contributed by atoms with E-state index in [1.807, 2.05) is 53.8 Å². The van der Waals surface area contributed by atoms with Crippen LogP contribution in [0, 0.1) is 13.8 Å². The molecule has 5 nitrogen and oxygen atoms in total. The SMILES string of the molecule is Cc1cc2oc(=O)cc(C[NH+](C)CC(=O)NC(C)(C)C)c2cc1C. The molecule has 2 N–H and O–H groups in total. The van der Waals surface area contributed by atoms with Crippen molar-refractivity contribution in [1.29, 1.82) is 0 Å². The number of rotatable bonds is 4. The fraction of sp³-hybridized carbons (Fsp3) is 0.474. The summed E-state index contributed by atoms with van der Waals surface area (Å²) in [4.78, 5) is 24.9. The molecule has 130 valence electrons. The Balaban J connectivity index is 2.24. The summed E-state index contributed by atoms with van der Waals surface area (Å²) < 4.78 is 5.32. The minimum atomic E-state index is -0.354. The summed E-state index contributed by atoms with van der Waals surface area (Å²) in [6, 6.07) is 5.48. The van der Waals surface area contributed by atoms with E-state index in [1.165, 1.54) is 6.07 Å². The number of aryl methyl sites for hydroxylation is 2. The molecule has 0 spiro atoms. The minimum absolute atomic E-state index is 0.000652. The Bertz CT molecular complexity index is 816. The zero-order chi connectivity index (χ0) is 18.1. The molecule has 0 fully saturated rings. The van der Waals surface area contributed by atoms with Crippen molar-refractivity contribution in [3.05, 3.63) is 45.3 Å². The zero-order valence-electron chi connectivity index (χ0n) is 15.4. The molecule has 5 heteroatoms. The molecule has 1 heterocycles. The van der Waals surface area contributed by atoms with Gasteiger partial charge >= 0.3 is 5.63 Å². The smallest absolute Gasteiger partial charge is 0.336 e. The largest absolute Gasteiger partial charge is 0.423 e. The van der Waals surface area contributed by atoms with Gasteiger partial charge in [-0.3, -0.25) is 4.79 Å². The summed E-state index contributed by atoms with van der Waals surface area (Å²) in [5, 5.41) is 3.90. The average molecular weight is 331 g/mol. The van der Waals surface area contributed by atoms with Crippen molar-refractivity contribution in [1.82, 2.24) is 5.32 Å². The lowest BCUT2D eigenvalue weighted by Crippen LogP contribution is -3.09. The lowest BCUT2D eigenvalue weighted by Gasteiger charge is -2.22. The highest BCUT2D eigenvalue weighted by atomic mass is 16.4. The van der Waals surface area contributed by atoms with Gasteiger partial charge in [0.25, 0.3) is 5.91 Å². The molecule has 2 aromatic rings. The Hall–Kier alpha value is -2.14. The molecular weight excluding hydrogens is 304 g/mol. The fourth-order valence-electron chi connectivity index (χ4n) is 2.75. The van der Waals surface area contributed by atoms with E-state index in [4.69, 9.17) is 4.42 Å². The van der Waals surface area contributed by atoms with Crippen molar-refractivity contribution >= 4 is 16.9 Å². The van der Waals surface area contributed by atoms with Gasteiger partial charge in [0.2, 0.25) is 0 Å². The van der Waals surface area contributed by atoms with E-state index in [9.17, 15) is 9.59 Å². The van der Waals surface area contributed by atoms with E-state index in [2.05, 4.69) is 5.32 Å². The van der Waals surface area contributed by atoms with Crippen molar-refractivity contribution in [2.24, 2.45) is 0 Å². The molecule has 0 aliphatic carbocycles. The van der Waals surface area contributed by atoms with E-state index in [0.717, 1.165) is 27.0 Å². The van der Waals surface area contributed by atoms with E-state index in [1.54, 1.807) is 0 Å². The number of hydrogen-bond acceptors (Lipinski definition) is 3. The third-order valence-electron chi connectivity index (χ3n) is 3.91. The zero-order valence-corrected chi connectivity index (χ0v) is 15.4. The number of likely N-dealkylation sites (N-methyl/N-ethyl adjacent to an activating group) is 1. The van der Waals surface area contributed by atoms with Gasteiger partial charge in [0.1, 0.15) is 12.1 Å². The standard InChI is InChI=1S/C19H26N2O3/c1-12-7-15-14(9-18(23)24-16(15)8-13(12)2)10-21(6)11-17(22)20-19(3,4)5/h7-9H,10-11H2,1-6H3,(H,20,22)/p+1. The monoisotopic (exact) mass is 331 g/mol. The van der Waals surface area contributed by atoms with Crippen molar-refractivity contribution in [2.45, 2.75) is 46.7 Å². The summed E-state index contributed by atoms with van der Waals surface area (Å²) >= 11 is 0. The molecule has 2 rings (SSSR count). The quantitative estimate of drug-likeness (QED) is 0.831. The van der Waals surface area contributed by atoms with Crippen LogP contribution in [-0.2, 0) is 11.3 Å². The highest BCUT2D eigenvalue weighted by Crippen LogP contribution is 2.21. The van der Waals surface area contributed by atoms with Gasteiger partial charge < -0.3 is 14.6 Å². The first-order chi connectivity index (χ1) is 11.0. The lowest BCUT2D eigenvalue weighted by atomic mass is 10.0. The maximum absolute atomic E-state index is 12.1. The molecule has 0 aliphatic rings. The number of quaternary nitrogens is 1. The normalized spacial score (nSPS) is 13.1. The molecule has 0 bridgehead atoms. The Morgan fingerprint density at radius 1 is 1.17 bits per heavy atom. The highest BCUT2D eigenvalue weighted by molar-refractivity contribution is 5.82. The van der Waals surface area contributed by atoms with Crippen molar-refractivity contribution in [2.75, 3.05) is 13.6 Å². The molecule has 0 saturated carbocycles. The predicted molar refractivity (Wildman–Crippen MR) is 95.3 cm³/mol. The van der Waals surface area contributed by atoms with Crippen LogP contribution >= 0.6 is 0 Å². The first-order valence-electron chi connectivity index (χ1n) is 8.21. The summed E-state index contributed by atoms with van der Waals surface area (Å²) in [5.74, 6) is -0.000652. The second kappa shape index (κ2) is 6.77. The molecule has 1 aromatic heterocycles. The molecule has 0 radical (unpaired) electrons. The molecule has 24 heavy (non-hydrogen) atoms. The second-order valence-electron chi connectivity index (χ2n) is 7.63. The maximum Gasteiger partial charge on any atom is 0.336 e. The second-order valence-corrected chi connectivity index (χ2v) is 7.63. The molecule has 1 aromatic carbocycles. The van der Waals surface area contributed by atoms with E-state index in [0.29, 0.717) is 18.7 Å². The lowest BCUT2D eigenvalue weighted by molar-refractivity contribution is -0.885. The Labute approximate surface area is 142 Å². The summed E-state index contributed by atoms with van der Waals surface area (Å²) in [7, 11) is 1.95. The van der Waals surface area contributed by atoms with Crippen molar-refractivity contribution < 1.29 is 14.1 Å². The predicted octanol–water partition coefficient (Wildman–Crippen LogP) is 1.34. The summed E-state index contributed by atoms with van der Waals surface area (Å²) in [6.07, 6.45) is 0. The van der Waals surface area contributed by atoms with Gasteiger partial charge in [-0.2, -0.15) is 0 Å². The van der Waals surface area contributed by atoms with Crippen LogP contribution in [0.1, 0.15) is 37.5 Å². The van der Waals surface area contributed by atoms with Gasteiger partial charge in [-0.1, -0.05) is 0 Å². The molecular formula is C19H27N2O3+. The number of carbonyl (C=O) groups excluding carboxylic acids is 1. The van der Waals surface area contributed by atoms with Gasteiger partial charge in [-0.15, -0.1) is 0 Å². The highest BCUT2D eigenvalue weighted by Gasteiger charge is 2.18. The number of benzene rings is 1. The van der Waals surface area contributed by atoms with Crippen LogP contribution in [-0.4, -0.2) is 25.0 Å². The van der Waals surface area contributed by atoms with Crippen molar-refractivity contribution in [3.8, 4) is 0 Å². The Morgan fingerprint density at radius 2 is 1.79 bits per heavy atom. The van der Waals surface area contributed by atoms with Crippen LogP contribution in [0.5, 0.6) is 0 Å². The van der Waals surface area contributed by atoms with Crippen LogP contribution in [0.3, 0.4) is 0 Å². The van der Waals surface area contributed by atoms with Crippen LogP contribution in [0.25, 0.3) is 11.0 Å². The Morgan fingerprint density at radius 3 is 2.42 bits per heavy atom. The van der Waals surface area contributed by atoms with Crippen molar-refractivity contribution in [3.63, 3.8) is 0 Å².